The van der Waals surface area contributed by atoms with Crippen LogP contribution in [-0.2, 0) is 33.8 Å². The van der Waals surface area contributed by atoms with Crippen LogP contribution in [0.1, 0.15) is 60.8 Å². The largest absolute Gasteiger partial charge is 0.397 e. The van der Waals surface area contributed by atoms with Crippen molar-refractivity contribution in [3.63, 3.8) is 0 Å². The Morgan fingerprint density at radius 1 is 1.21 bits per heavy atom. The van der Waals surface area contributed by atoms with Crippen molar-refractivity contribution in [2.75, 3.05) is 13.7 Å². The molecule has 0 radical (unpaired) electrons. The summed E-state index contributed by atoms with van der Waals surface area (Å²) in [5.74, 6) is 1.08. The third-order valence-electron chi connectivity index (χ3n) is 6.89. The van der Waals surface area contributed by atoms with E-state index in [0.29, 0.717) is 25.2 Å². The van der Waals surface area contributed by atoms with Gasteiger partial charge in [0.1, 0.15) is 12.9 Å². The van der Waals surface area contributed by atoms with Gasteiger partial charge in [-0.1, -0.05) is 67.0 Å². The number of amides is 1. The molecule has 0 aliphatic carbocycles. The van der Waals surface area contributed by atoms with E-state index in [0.717, 1.165) is 78.0 Å². The smallest absolute Gasteiger partial charge is 0.257 e. The molecule has 1 aliphatic rings. The molecular weight excluding hydrogens is 480 g/mol. The third-order valence-corrected chi connectivity index (χ3v) is 6.89. The van der Waals surface area contributed by atoms with Crippen LogP contribution < -0.4 is 10.9 Å². The maximum absolute atomic E-state index is 13.7. The van der Waals surface area contributed by atoms with Crippen LogP contribution in [0.4, 0.5) is 0 Å². The summed E-state index contributed by atoms with van der Waals surface area (Å²) < 4.78 is 7.71. The fraction of sp³-hybridized carbons (Fsp3) is 0.400. The van der Waals surface area contributed by atoms with Crippen LogP contribution in [-0.4, -0.2) is 41.6 Å². The van der Waals surface area contributed by atoms with Gasteiger partial charge in [-0.2, -0.15) is 0 Å². The van der Waals surface area contributed by atoms with Gasteiger partial charge in [-0.15, -0.1) is 0 Å². The van der Waals surface area contributed by atoms with Crippen LogP contribution in [0.5, 0.6) is 0 Å². The Morgan fingerprint density at radius 3 is 2.68 bits per heavy atom. The van der Waals surface area contributed by atoms with Crippen LogP contribution in [0.2, 0.25) is 0 Å². The van der Waals surface area contributed by atoms with Crippen LogP contribution in [0, 0.1) is 6.92 Å². The summed E-state index contributed by atoms with van der Waals surface area (Å²) in [5.41, 5.74) is 5.31. The Labute approximate surface area is 223 Å². The number of hydrogen-bond donors (Lipinski definition) is 1. The highest BCUT2D eigenvalue weighted by Gasteiger charge is 2.20. The molecule has 0 saturated carbocycles. The van der Waals surface area contributed by atoms with Crippen LogP contribution in [0.25, 0.3) is 11.1 Å². The van der Waals surface area contributed by atoms with Crippen molar-refractivity contribution in [1.29, 1.82) is 0 Å². The fourth-order valence-electron chi connectivity index (χ4n) is 5.00. The Morgan fingerprint density at radius 2 is 2.00 bits per heavy atom. The van der Waals surface area contributed by atoms with Crippen LogP contribution in [0.15, 0.2) is 58.5 Å². The van der Waals surface area contributed by atoms with Crippen molar-refractivity contribution >= 4 is 12.2 Å². The summed E-state index contributed by atoms with van der Waals surface area (Å²) >= 11 is 0. The summed E-state index contributed by atoms with van der Waals surface area (Å²) in [6, 6.07) is 15.8. The normalized spacial score (nSPS) is 15.8. The molecule has 200 valence electrons. The minimum Gasteiger partial charge on any atom is -0.397 e. The molecule has 38 heavy (non-hydrogen) atoms. The van der Waals surface area contributed by atoms with Crippen LogP contribution in [0.3, 0.4) is 0 Å². The predicted molar refractivity (Wildman–Crippen MR) is 148 cm³/mol. The number of carbonyl (C=O) groups excluding carboxylic acids is 1. The van der Waals surface area contributed by atoms with E-state index in [1.165, 1.54) is 7.11 Å². The minimum atomic E-state index is 0.0323. The molecule has 8 heteroatoms. The van der Waals surface area contributed by atoms with Gasteiger partial charge in [0, 0.05) is 24.2 Å². The number of aromatic nitrogens is 2. The Bertz CT molecular complexity index is 1330. The standard InChI is InChI=1S/C30H36N4O4/c1-4-9-28-27(30(36)34(21(2)32-28)19-24-10-7-8-17-38-24)18-22-13-15-23(16-14-22)25-11-5-6-12-26(25)29(31-20-35)33-37-3/h5-6,11-16,20,24H,4,7-10,17-19H2,1-3H3,(H,31,33,35). The predicted octanol–water partition coefficient (Wildman–Crippen LogP) is 4.39. The van der Waals surface area contributed by atoms with Crippen molar-refractivity contribution in [3.05, 3.63) is 87.1 Å². The Balaban J connectivity index is 1.64. The molecule has 1 aromatic heterocycles. The molecule has 1 unspecified atom stereocenters. The van der Waals surface area contributed by atoms with E-state index < -0.39 is 0 Å². The van der Waals surface area contributed by atoms with Crippen molar-refractivity contribution in [2.45, 2.75) is 65.0 Å². The molecule has 4 rings (SSSR count). The molecule has 1 amide bonds. The average molecular weight is 517 g/mol. The number of oxime groups is 1. The molecule has 0 spiro atoms. The number of carbonyl (C=O) groups is 1. The Hall–Kier alpha value is -3.78. The SMILES string of the molecule is CCCc1nc(C)n(CC2CCCCO2)c(=O)c1Cc1ccc(-c2ccccc2/C(=N/OC)NC=O)cc1. The second-order valence-electron chi connectivity index (χ2n) is 9.54. The van der Waals surface area contributed by atoms with Gasteiger partial charge in [-0.25, -0.2) is 4.98 Å². The monoisotopic (exact) mass is 516 g/mol. The van der Waals surface area contributed by atoms with E-state index in [-0.39, 0.29) is 11.7 Å². The average Bonchev–Trinajstić information content (AvgIpc) is 2.94. The van der Waals surface area contributed by atoms with Crippen molar-refractivity contribution in [2.24, 2.45) is 5.16 Å². The molecule has 0 bridgehead atoms. The second-order valence-corrected chi connectivity index (χ2v) is 9.54. The lowest BCUT2D eigenvalue weighted by atomic mass is 9.96. The number of amidine groups is 1. The van der Waals surface area contributed by atoms with Gasteiger partial charge in [0.05, 0.1) is 18.3 Å². The van der Waals surface area contributed by atoms with Gasteiger partial charge in [0.2, 0.25) is 6.41 Å². The van der Waals surface area contributed by atoms with Crippen molar-refractivity contribution in [1.82, 2.24) is 14.9 Å². The molecule has 3 aromatic rings. The number of ether oxygens (including phenoxy) is 1. The summed E-state index contributed by atoms with van der Waals surface area (Å²) in [4.78, 5) is 34.6. The number of nitrogens with one attached hydrogen (secondary N) is 1. The first-order chi connectivity index (χ1) is 18.5. The zero-order valence-corrected chi connectivity index (χ0v) is 22.4. The molecule has 2 heterocycles. The van der Waals surface area contributed by atoms with Crippen molar-refractivity contribution < 1.29 is 14.4 Å². The third kappa shape index (κ3) is 6.37. The maximum Gasteiger partial charge on any atom is 0.257 e. The van der Waals surface area contributed by atoms with Crippen molar-refractivity contribution in [3.8, 4) is 11.1 Å². The maximum atomic E-state index is 13.7. The Kier molecular flexibility index (Phi) is 9.43. The number of hydrogen-bond acceptors (Lipinski definition) is 6. The number of aryl methyl sites for hydroxylation is 2. The molecule has 1 atom stereocenters. The van der Waals surface area contributed by atoms with Gasteiger partial charge >= 0.3 is 0 Å². The first-order valence-electron chi connectivity index (χ1n) is 13.3. The van der Waals surface area contributed by atoms with E-state index >= 15 is 0 Å². The quantitative estimate of drug-likeness (QED) is 0.187. The zero-order valence-electron chi connectivity index (χ0n) is 22.4. The lowest BCUT2D eigenvalue weighted by Gasteiger charge is -2.24. The topological polar surface area (TPSA) is 94.8 Å². The van der Waals surface area contributed by atoms with E-state index in [9.17, 15) is 9.59 Å². The molecule has 2 aromatic carbocycles. The molecular formula is C30H36N4O4. The van der Waals surface area contributed by atoms with E-state index in [1.54, 1.807) is 4.57 Å². The first kappa shape index (κ1) is 27.3. The lowest BCUT2D eigenvalue weighted by Crippen LogP contribution is -2.35. The number of benzene rings is 2. The summed E-state index contributed by atoms with van der Waals surface area (Å²) in [6.45, 7) is 5.33. The highest BCUT2D eigenvalue weighted by molar-refractivity contribution is 6.08. The zero-order chi connectivity index (χ0) is 26.9. The molecule has 1 fully saturated rings. The van der Waals surface area contributed by atoms with Gasteiger partial charge in [0.25, 0.3) is 5.56 Å². The molecule has 1 N–H and O–H groups in total. The first-order valence-corrected chi connectivity index (χ1v) is 13.3. The van der Waals surface area contributed by atoms with Gasteiger partial charge in [-0.05, 0) is 49.3 Å². The summed E-state index contributed by atoms with van der Waals surface area (Å²) in [7, 11) is 1.44. The summed E-state index contributed by atoms with van der Waals surface area (Å²) in [6.07, 6.45) is 6.02. The second kappa shape index (κ2) is 13.1. The molecule has 1 saturated heterocycles. The van der Waals surface area contributed by atoms with E-state index in [1.807, 2.05) is 55.5 Å². The molecule has 8 nitrogen and oxygen atoms in total. The van der Waals surface area contributed by atoms with E-state index in [4.69, 9.17) is 14.6 Å². The summed E-state index contributed by atoms with van der Waals surface area (Å²) in [5, 5.41) is 6.57. The number of nitrogens with zero attached hydrogens (tertiary/aromatic N) is 3. The van der Waals surface area contributed by atoms with Gasteiger partial charge in [0.15, 0.2) is 5.84 Å². The van der Waals surface area contributed by atoms with Gasteiger partial charge < -0.3 is 14.9 Å². The highest BCUT2D eigenvalue weighted by Crippen LogP contribution is 2.25. The lowest BCUT2D eigenvalue weighted by molar-refractivity contribution is -0.108. The number of rotatable bonds is 10. The van der Waals surface area contributed by atoms with Crippen LogP contribution >= 0.6 is 0 Å². The highest BCUT2D eigenvalue weighted by atomic mass is 16.6. The van der Waals surface area contributed by atoms with Gasteiger partial charge in [-0.3, -0.25) is 14.2 Å². The van der Waals surface area contributed by atoms with E-state index in [2.05, 4.69) is 17.4 Å². The fourth-order valence-corrected chi connectivity index (χ4v) is 5.00. The molecule has 1 aliphatic heterocycles. The minimum absolute atomic E-state index is 0.0323.